The maximum Gasteiger partial charge on any atom is 0.354 e. The number of anilines is 1. The van der Waals surface area contributed by atoms with Gasteiger partial charge in [-0.05, 0) is 69.3 Å². The number of carboxylic acid groups (broad SMARTS) is 1. The zero-order valence-electron chi connectivity index (χ0n) is 23.1. The first-order valence-corrected chi connectivity index (χ1v) is 14.1. The third-order valence-corrected chi connectivity index (χ3v) is 8.16. The third-order valence-electron chi connectivity index (χ3n) is 8.16. The first-order chi connectivity index (χ1) is 18.7. The molecule has 2 aliphatic heterocycles. The number of fused-ring (bicyclic) bond motifs is 1. The van der Waals surface area contributed by atoms with Crippen molar-refractivity contribution in [3.63, 3.8) is 0 Å². The Morgan fingerprint density at radius 1 is 1.05 bits per heavy atom. The first-order valence-electron chi connectivity index (χ1n) is 14.1. The number of nitrogens with one attached hydrogen (secondary N) is 2. The van der Waals surface area contributed by atoms with Crippen molar-refractivity contribution in [2.45, 2.75) is 58.1 Å². The fourth-order valence-corrected chi connectivity index (χ4v) is 6.32. The lowest BCUT2D eigenvalue weighted by molar-refractivity contribution is 0.0689. The number of aromatic carboxylic acids is 1. The van der Waals surface area contributed by atoms with E-state index in [-0.39, 0.29) is 29.6 Å². The number of aromatic nitrogens is 1. The molecule has 3 aliphatic rings. The van der Waals surface area contributed by atoms with Crippen LogP contribution in [0.2, 0.25) is 0 Å². The number of rotatable bonds is 7. The van der Waals surface area contributed by atoms with Gasteiger partial charge in [0.05, 0.1) is 11.7 Å². The van der Waals surface area contributed by atoms with Crippen LogP contribution >= 0.6 is 0 Å². The van der Waals surface area contributed by atoms with Crippen LogP contribution < -0.4 is 5.32 Å². The molecule has 2 saturated heterocycles. The summed E-state index contributed by atoms with van der Waals surface area (Å²) in [4.78, 5) is 34.0. The number of carbonyl (C=O) groups excluding carboxylic acids is 1. The monoisotopic (exact) mass is 533 g/mol. The van der Waals surface area contributed by atoms with Crippen LogP contribution in [0.15, 0.2) is 30.3 Å². The number of benzene rings is 1. The molecule has 0 spiro atoms. The molecule has 5 rings (SSSR count). The highest BCUT2D eigenvalue weighted by Gasteiger charge is 2.40. The number of carbonyl (C=O) groups is 2. The molecule has 9 nitrogen and oxygen atoms in total. The van der Waals surface area contributed by atoms with Crippen molar-refractivity contribution in [3.8, 4) is 11.1 Å². The zero-order valence-corrected chi connectivity index (χ0v) is 23.1. The van der Waals surface area contributed by atoms with Gasteiger partial charge < -0.3 is 25.0 Å². The van der Waals surface area contributed by atoms with Crippen LogP contribution in [0.3, 0.4) is 0 Å². The average Bonchev–Trinajstić information content (AvgIpc) is 3.45. The summed E-state index contributed by atoms with van der Waals surface area (Å²) in [7, 11) is 2.13. The van der Waals surface area contributed by atoms with Crippen molar-refractivity contribution < 1.29 is 19.4 Å². The number of ether oxygens (including phenoxy) is 1. The molecule has 1 amide bonds. The number of carboxylic acids is 1. The molecule has 2 unspecified atom stereocenters. The third kappa shape index (κ3) is 5.93. The molecular weight excluding hydrogens is 494 g/mol. The molecule has 0 bridgehead atoms. The Kier molecular flexibility index (Phi) is 7.88. The van der Waals surface area contributed by atoms with E-state index in [1.807, 2.05) is 30.9 Å². The number of hydrogen-bond donors (Lipinski definition) is 3. The SMILES string of the molecule is CC(C)OC(=N)c1c(-c2ccc(C(=O)N3CC4CN(C)CC4C3)cc2)cc(C(=O)O)nc1NC1CCCCC1. The van der Waals surface area contributed by atoms with E-state index < -0.39 is 5.97 Å². The van der Waals surface area contributed by atoms with Crippen molar-refractivity contribution in [1.82, 2.24) is 14.8 Å². The molecule has 1 saturated carbocycles. The predicted molar refractivity (Wildman–Crippen MR) is 151 cm³/mol. The van der Waals surface area contributed by atoms with Gasteiger partial charge in [-0.1, -0.05) is 31.4 Å². The van der Waals surface area contributed by atoms with Crippen LogP contribution in [0.1, 0.15) is 72.4 Å². The topological polar surface area (TPSA) is 119 Å². The summed E-state index contributed by atoms with van der Waals surface area (Å²) < 4.78 is 5.79. The molecule has 3 fully saturated rings. The van der Waals surface area contributed by atoms with E-state index in [1.54, 1.807) is 12.1 Å². The Bertz CT molecular complexity index is 1220. The molecule has 3 heterocycles. The van der Waals surface area contributed by atoms with Crippen LogP contribution in [0.5, 0.6) is 0 Å². The van der Waals surface area contributed by atoms with Gasteiger partial charge in [-0.2, -0.15) is 0 Å². The lowest BCUT2D eigenvalue weighted by Gasteiger charge is -2.26. The van der Waals surface area contributed by atoms with Gasteiger partial charge >= 0.3 is 5.97 Å². The second-order valence-corrected chi connectivity index (χ2v) is 11.6. The number of pyridine rings is 1. The molecule has 208 valence electrons. The van der Waals surface area contributed by atoms with Crippen molar-refractivity contribution in [2.24, 2.45) is 11.8 Å². The van der Waals surface area contributed by atoms with Gasteiger partial charge in [-0.3, -0.25) is 10.2 Å². The molecule has 1 aromatic heterocycles. The second kappa shape index (κ2) is 11.3. The fourth-order valence-electron chi connectivity index (χ4n) is 6.32. The Morgan fingerprint density at radius 3 is 2.28 bits per heavy atom. The summed E-state index contributed by atoms with van der Waals surface area (Å²) in [5, 5.41) is 22.1. The van der Waals surface area contributed by atoms with E-state index >= 15 is 0 Å². The Morgan fingerprint density at radius 2 is 1.69 bits per heavy atom. The van der Waals surface area contributed by atoms with E-state index in [0.29, 0.717) is 39.9 Å². The average molecular weight is 534 g/mol. The molecule has 2 aromatic rings. The zero-order chi connectivity index (χ0) is 27.7. The molecule has 1 aliphatic carbocycles. The van der Waals surface area contributed by atoms with Gasteiger partial charge in [0.1, 0.15) is 5.82 Å². The summed E-state index contributed by atoms with van der Waals surface area (Å²) in [6, 6.07) is 8.91. The fraction of sp³-hybridized carbons (Fsp3) is 0.533. The summed E-state index contributed by atoms with van der Waals surface area (Å²) in [6.45, 7) is 7.34. The highest BCUT2D eigenvalue weighted by Crippen LogP contribution is 2.34. The molecule has 3 N–H and O–H groups in total. The van der Waals surface area contributed by atoms with Gasteiger partial charge in [0.25, 0.3) is 5.91 Å². The molecule has 0 radical (unpaired) electrons. The predicted octanol–water partition coefficient (Wildman–Crippen LogP) is 4.58. The van der Waals surface area contributed by atoms with Crippen LogP contribution in [0, 0.1) is 17.2 Å². The minimum atomic E-state index is -1.14. The minimum Gasteiger partial charge on any atom is -0.477 e. The van der Waals surface area contributed by atoms with Crippen LogP contribution in [-0.4, -0.2) is 83.0 Å². The molecule has 9 heteroatoms. The summed E-state index contributed by atoms with van der Waals surface area (Å²) in [6.07, 6.45) is 5.10. The van der Waals surface area contributed by atoms with Gasteiger partial charge in [-0.15, -0.1) is 0 Å². The standard InChI is InChI=1S/C30H39N5O4/c1-18(2)39-27(31)26-24(13-25(30(37)38)33-28(26)32-23-7-5-4-6-8-23)19-9-11-20(12-10-19)29(36)35-16-21-14-34(3)15-22(21)17-35/h9-13,18,21-23,31H,4-8,14-17H2,1-3H3,(H,32,33)(H,37,38). The number of nitrogens with zero attached hydrogens (tertiary/aromatic N) is 3. The Balaban J connectivity index is 1.47. The van der Waals surface area contributed by atoms with Gasteiger partial charge in [0.15, 0.2) is 5.69 Å². The van der Waals surface area contributed by atoms with E-state index in [9.17, 15) is 14.7 Å². The van der Waals surface area contributed by atoms with E-state index in [0.717, 1.165) is 51.9 Å². The van der Waals surface area contributed by atoms with Crippen LogP contribution in [0.4, 0.5) is 5.82 Å². The van der Waals surface area contributed by atoms with Gasteiger partial charge in [0, 0.05) is 43.3 Å². The first kappa shape index (κ1) is 27.1. The summed E-state index contributed by atoms with van der Waals surface area (Å²) in [5.41, 5.74) is 2.20. The minimum absolute atomic E-state index is 0.0234. The Labute approximate surface area is 230 Å². The maximum absolute atomic E-state index is 13.3. The number of likely N-dealkylation sites (tertiary alicyclic amines) is 2. The molecule has 1 aromatic carbocycles. The maximum atomic E-state index is 13.3. The molecule has 2 atom stereocenters. The molecule has 39 heavy (non-hydrogen) atoms. The highest BCUT2D eigenvalue weighted by atomic mass is 16.5. The summed E-state index contributed by atoms with van der Waals surface area (Å²) in [5.74, 6) is 0.258. The van der Waals surface area contributed by atoms with Gasteiger partial charge in [0.2, 0.25) is 5.90 Å². The normalized spacial score (nSPS) is 21.7. The van der Waals surface area contributed by atoms with Gasteiger partial charge in [-0.25, -0.2) is 9.78 Å². The van der Waals surface area contributed by atoms with Crippen LogP contribution in [-0.2, 0) is 4.74 Å². The van der Waals surface area contributed by atoms with E-state index in [2.05, 4.69) is 22.2 Å². The lowest BCUT2D eigenvalue weighted by Crippen LogP contribution is -2.32. The van der Waals surface area contributed by atoms with Crippen molar-refractivity contribution >= 4 is 23.6 Å². The van der Waals surface area contributed by atoms with E-state index in [1.165, 1.54) is 12.5 Å². The number of amides is 1. The quantitative estimate of drug-likeness (QED) is 0.352. The number of hydrogen-bond acceptors (Lipinski definition) is 7. The molecular formula is C30H39N5O4. The van der Waals surface area contributed by atoms with Crippen molar-refractivity contribution in [3.05, 3.63) is 47.2 Å². The van der Waals surface area contributed by atoms with Crippen molar-refractivity contribution in [1.29, 1.82) is 5.41 Å². The lowest BCUT2D eigenvalue weighted by atomic mass is 9.94. The second-order valence-electron chi connectivity index (χ2n) is 11.6. The Hall–Kier alpha value is -3.46. The summed E-state index contributed by atoms with van der Waals surface area (Å²) >= 11 is 0. The largest absolute Gasteiger partial charge is 0.477 e. The van der Waals surface area contributed by atoms with Crippen LogP contribution in [0.25, 0.3) is 11.1 Å². The van der Waals surface area contributed by atoms with Crippen molar-refractivity contribution in [2.75, 3.05) is 38.5 Å². The van der Waals surface area contributed by atoms with E-state index in [4.69, 9.17) is 10.1 Å². The highest BCUT2D eigenvalue weighted by molar-refractivity contribution is 6.05. The smallest absolute Gasteiger partial charge is 0.354 e.